The highest BCUT2D eigenvalue weighted by Gasteiger charge is 2.18. The van der Waals surface area contributed by atoms with Crippen LogP contribution in [0.4, 0.5) is 0 Å². The molecular formula is C26H36N2O3. The molecule has 3 rings (SSSR count). The van der Waals surface area contributed by atoms with Gasteiger partial charge in [0.1, 0.15) is 0 Å². The molecule has 1 atom stereocenters. The van der Waals surface area contributed by atoms with Crippen LogP contribution < -0.4 is 14.8 Å². The number of unbranched alkanes of at least 4 members (excludes halogenated alkanes) is 1. The molecule has 1 aliphatic rings. The van der Waals surface area contributed by atoms with Crippen LogP contribution in [0.5, 0.6) is 11.5 Å². The van der Waals surface area contributed by atoms with E-state index in [2.05, 4.69) is 17.1 Å². The lowest BCUT2D eigenvalue weighted by atomic mass is 10.00. The van der Waals surface area contributed by atoms with Gasteiger partial charge in [-0.1, -0.05) is 37.3 Å². The number of amides is 1. The van der Waals surface area contributed by atoms with E-state index in [9.17, 15) is 4.79 Å². The molecular weight excluding hydrogens is 388 g/mol. The van der Waals surface area contributed by atoms with Gasteiger partial charge in [0, 0.05) is 24.2 Å². The second-order valence-corrected chi connectivity index (χ2v) is 8.37. The van der Waals surface area contributed by atoms with Crippen LogP contribution >= 0.6 is 0 Å². The zero-order valence-electron chi connectivity index (χ0n) is 19.2. The average molecular weight is 425 g/mol. The standard InChI is InChI=1S/C26H36N2O3/c1-4-31-24-18-22(17-23(25(24)30-3)21-12-6-5-7-13-21)26(29)27-14-8-9-15-28-16-10-11-20(2)19-28/h5-7,12-13,17-18,20H,4,8-11,14-16,19H2,1-3H3,(H,27,29)/t20-/m1/s1. The zero-order chi connectivity index (χ0) is 22.1. The molecule has 0 spiro atoms. The maximum atomic E-state index is 12.9. The number of carbonyl (C=O) groups excluding carboxylic acids is 1. The molecule has 1 aliphatic heterocycles. The van der Waals surface area contributed by atoms with Gasteiger partial charge in [-0.3, -0.25) is 4.79 Å². The lowest BCUT2D eigenvalue weighted by Crippen LogP contribution is -2.35. The Morgan fingerprint density at radius 2 is 2.00 bits per heavy atom. The SMILES string of the molecule is CCOc1cc(C(=O)NCCCCN2CCC[C@@H](C)C2)cc(-c2ccccc2)c1OC. The van der Waals surface area contributed by atoms with Gasteiger partial charge in [-0.25, -0.2) is 0 Å². The normalized spacial score (nSPS) is 16.7. The topological polar surface area (TPSA) is 50.8 Å². The highest BCUT2D eigenvalue weighted by molar-refractivity contribution is 5.97. The number of nitrogens with zero attached hydrogens (tertiary/aromatic N) is 1. The fourth-order valence-corrected chi connectivity index (χ4v) is 4.29. The molecule has 2 aromatic carbocycles. The lowest BCUT2D eigenvalue weighted by Gasteiger charge is -2.30. The van der Waals surface area contributed by atoms with Crippen LogP contribution in [0.25, 0.3) is 11.1 Å². The molecule has 1 N–H and O–H groups in total. The fraction of sp³-hybridized carbons (Fsp3) is 0.500. The van der Waals surface area contributed by atoms with Crippen LogP contribution in [-0.4, -0.2) is 50.7 Å². The van der Waals surface area contributed by atoms with Crippen molar-refractivity contribution in [3.8, 4) is 22.6 Å². The number of hydrogen-bond acceptors (Lipinski definition) is 4. The van der Waals surface area contributed by atoms with Gasteiger partial charge >= 0.3 is 0 Å². The smallest absolute Gasteiger partial charge is 0.251 e. The molecule has 0 aromatic heterocycles. The maximum Gasteiger partial charge on any atom is 0.251 e. The van der Waals surface area contributed by atoms with Crippen molar-refractivity contribution in [2.45, 2.75) is 39.5 Å². The Morgan fingerprint density at radius 3 is 2.71 bits per heavy atom. The van der Waals surface area contributed by atoms with E-state index in [0.717, 1.165) is 36.4 Å². The van der Waals surface area contributed by atoms with Crippen molar-refractivity contribution in [1.29, 1.82) is 0 Å². The van der Waals surface area contributed by atoms with Crippen molar-refractivity contribution >= 4 is 5.91 Å². The quantitative estimate of drug-likeness (QED) is 0.545. The van der Waals surface area contributed by atoms with Gasteiger partial charge in [0.2, 0.25) is 0 Å². The molecule has 1 fully saturated rings. The van der Waals surface area contributed by atoms with E-state index in [1.54, 1.807) is 13.2 Å². The van der Waals surface area contributed by atoms with Crippen LogP contribution in [0.15, 0.2) is 42.5 Å². The zero-order valence-corrected chi connectivity index (χ0v) is 19.2. The molecule has 0 bridgehead atoms. The van der Waals surface area contributed by atoms with Crippen LogP contribution in [0.3, 0.4) is 0 Å². The third-order valence-corrected chi connectivity index (χ3v) is 5.83. The summed E-state index contributed by atoms with van der Waals surface area (Å²) in [4.78, 5) is 15.4. The molecule has 2 aromatic rings. The Hall–Kier alpha value is -2.53. The summed E-state index contributed by atoms with van der Waals surface area (Å²) in [5, 5.41) is 3.08. The van der Waals surface area contributed by atoms with Crippen LogP contribution in [0.2, 0.25) is 0 Å². The highest BCUT2D eigenvalue weighted by atomic mass is 16.5. The summed E-state index contributed by atoms with van der Waals surface area (Å²) in [7, 11) is 1.63. The first kappa shape index (κ1) is 23.1. The number of likely N-dealkylation sites (tertiary alicyclic amines) is 1. The van der Waals surface area contributed by atoms with Gasteiger partial charge in [0.05, 0.1) is 13.7 Å². The third kappa shape index (κ3) is 6.47. The van der Waals surface area contributed by atoms with Crippen molar-refractivity contribution in [3.05, 3.63) is 48.0 Å². The molecule has 168 valence electrons. The molecule has 0 unspecified atom stereocenters. The van der Waals surface area contributed by atoms with Crippen molar-refractivity contribution in [2.75, 3.05) is 39.9 Å². The number of rotatable bonds is 10. The molecule has 31 heavy (non-hydrogen) atoms. The van der Waals surface area contributed by atoms with Crippen LogP contribution in [-0.2, 0) is 0 Å². The van der Waals surface area contributed by atoms with Gasteiger partial charge in [0.25, 0.3) is 5.91 Å². The summed E-state index contributed by atoms with van der Waals surface area (Å²) in [6.07, 6.45) is 4.75. The minimum Gasteiger partial charge on any atom is -0.492 e. The lowest BCUT2D eigenvalue weighted by molar-refractivity contribution is 0.0951. The predicted octanol–water partition coefficient (Wildman–Crippen LogP) is 5.00. The van der Waals surface area contributed by atoms with E-state index >= 15 is 0 Å². The minimum atomic E-state index is -0.0765. The van der Waals surface area contributed by atoms with Crippen molar-refractivity contribution in [3.63, 3.8) is 0 Å². The van der Waals surface area contributed by atoms with Gasteiger partial charge < -0.3 is 19.7 Å². The largest absolute Gasteiger partial charge is 0.492 e. The van der Waals surface area contributed by atoms with E-state index < -0.39 is 0 Å². The Labute approximate surface area is 186 Å². The molecule has 0 radical (unpaired) electrons. The molecule has 5 nitrogen and oxygen atoms in total. The van der Waals surface area contributed by atoms with E-state index in [1.165, 1.54) is 25.9 Å². The monoisotopic (exact) mass is 424 g/mol. The summed E-state index contributed by atoms with van der Waals surface area (Å²) >= 11 is 0. The number of carbonyl (C=O) groups is 1. The first-order chi connectivity index (χ1) is 15.1. The highest BCUT2D eigenvalue weighted by Crippen LogP contribution is 2.39. The first-order valence-electron chi connectivity index (χ1n) is 11.5. The maximum absolute atomic E-state index is 12.9. The summed E-state index contributed by atoms with van der Waals surface area (Å²) in [6.45, 7) is 8.99. The molecule has 0 saturated carbocycles. The Balaban J connectivity index is 1.62. The predicted molar refractivity (Wildman–Crippen MR) is 126 cm³/mol. The van der Waals surface area contributed by atoms with E-state index in [0.29, 0.717) is 30.2 Å². The van der Waals surface area contributed by atoms with E-state index in [4.69, 9.17) is 9.47 Å². The molecule has 0 aliphatic carbocycles. The van der Waals surface area contributed by atoms with Crippen molar-refractivity contribution < 1.29 is 14.3 Å². The third-order valence-electron chi connectivity index (χ3n) is 5.83. The Kier molecular flexibility index (Phi) is 8.77. The summed E-state index contributed by atoms with van der Waals surface area (Å²) in [5.41, 5.74) is 2.44. The first-order valence-corrected chi connectivity index (χ1v) is 11.5. The summed E-state index contributed by atoms with van der Waals surface area (Å²) in [6, 6.07) is 13.6. The van der Waals surface area contributed by atoms with Gasteiger partial charge in [-0.15, -0.1) is 0 Å². The molecule has 1 saturated heterocycles. The molecule has 1 heterocycles. The number of piperidine rings is 1. The number of hydrogen-bond donors (Lipinski definition) is 1. The minimum absolute atomic E-state index is 0.0765. The fourth-order valence-electron chi connectivity index (χ4n) is 4.29. The van der Waals surface area contributed by atoms with E-state index in [1.807, 2.05) is 43.3 Å². The average Bonchev–Trinajstić information content (AvgIpc) is 2.79. The molecule has 1 amide bonds. The van der Waals surface area contributed by atoms with Crippen molar-refractivity contribution in [2.24, 2.45) is 5.92 Å². The summed E-state index contributed by atoms with van der Waals surface area (Å²) in [5.74, 6) is 1.98. The molecule has 5 heteroatoms. The number of benzene rings is 2. The van der Waals surface area contributed by atoms with Crippen molar-refractivity contribution in [1.82, 2.24) is 10.2 Å². The Morgan fingerprint density at radius 1 is 1.19 bits per heavy atom. The van der Waals surface area contributed by atoms with Crippen LogP contribution in [0.1, 0.15) is 49.9 Å². The second-order valence-electron chi connectivity index (χ2n) is 8.37. The number of ether oxygens (including phenoxy) is 2. The Bertz CT molecular complexity index is 838. The van der Waals surface area contributed by atoms with Gasteiger partial charge in [-0.05, 0) is 69.3 Å². The van der Waals surface area contributed by atoms with Gasteiger partial charge in [0.15, 0.2) is 11.5 Å². The van der Waals surface area contributed by atoms with Crippen LogP contribution in [0, 0.1) is 5.92 Å². The number of nitrogens with one attached hydrogen (secondary N) is 1. The van der Waals surface area contributed by atoms with E-state index in [-0.39, 0.29) is 5.91 Å². The summed E-state index contributed by atoms with van der Waals surface area (Å²) < 4.78 is 11.4. The van der Waals surface area contributed by atoms with Gasteiger partial charge in [-0.2, -0.15) is 0 Å². The second kappa shape index (κ2) is 11.8. The number of methoxy groups -OCH3 is 1.